The van der Waals surface area contributed by atoms with E-state index in [4.69, 9.17) is 16.6 Å². The summed E-state index contributed by atoms with van der Waals surface area (Å²) in [4.78, 5) is 48.4. The van der Waals surface area contributed by atoms with Crippen molar-refractivity contribution in [3.8, 4) is 0 Å². The Morgan fingerprint density at radius 2 is 2.08 bits per heavy atom. The second-order valence-corrected chi connectivity index (χ2v) is 8.70. The third kappa shape index (κ3) is 3.99. The van der Waals surface area contributed by atoms with Crippen LogP contribution in [0.1, 0.15) is 31.6 Å². The lowest BCUT2D eigenvalue weighted by Crippen LogP contribution is -2.33. The van der Waals surface area contributed by atoms with E-state index in [1.54, 1.807) is 25.1 Å². The number of fused-ring (bicyclic) bond motifs is 2. The van der Waals surface area contributed by atoms with E-state index in [0.29, 0.717) is 35.8 Å². The first kappa shape index (κ1) is 23.6. The Morgan fingerprint density at radius 3 is 2.89 bits per heavy atom. The zero-order chi connectivity index (χ0) is 25.4. The van der Waals surface area contributed by atoms with Gasteiger partial charge in [-0.2, -0.15) is 0 Å². The van der Waals surface area contributed by atoms with E-state index in [-0.39, 0.29) is 27.0 Å². The maximum atomic E-state index is 14.4. The van der Waals surface area contributed by atoms with Gasteiger partial charge in [-0.15, -0.1) is 0 Å². The van der Waals surface area contributed by atoms with Crippen LogP contribution in [0.15, 0.2) is 71.1 Å². The molecule has 36 heavy (non-hydrogen) atoms. The van der Waals surface area contributed by atoms with Crippen molar-refractivity contribution in [2.45, 2.75) is 25.8 Å². The number of rotatable bonds is 5. The molecule has 3 aromatic heterocycles. The first-order chi connectivity index (χ1) is 17.4. The molecule has 1 saturated heterocycles. The fraction of sp³-hybridized carbons (Fsp3) is 0.200. The third-order valence-electron chi connectivity index (χ3n) is 6.09. The Balaban J connectivity index is 1.77. The number of nitrogens with one attached hydrogen (secondary N) is 1. The minimum absolute atomic E-state index is 0.237. The molecule has 1 fully saturated rings. The van der Waals surface area contributed by atoms with E-state index >= 15 is 0 Å². The topological polar surface area (TPSA) is 110 Å². The lowest BCUT2D eigenvalue weighted by Gasteiger charge is -2.28. The predicted molar refractivity (Wildman–Crippen MR) is 138 cm³/mol. The van der Waals surface area contributed by atoms with Gasteiger partial charge in [0.1, 0.15) is 29.2 Å². The van der Waals surface area contributed by atoms with Crippen LogP contribution in [0.3, 0.4) is 0 Å². The van der Waals surface area contributed by atoms with Crippen LogP contribution in [0.5, 0.6) is 0 Å². The molecule has 9 nitrogen and oxygen atoms in total. The van der Waals surface area contributed by atoms with Crippen molar-refractivity contribution in [2.24, 2.45) is 0 Å². The van der Waals surface area contributed by atoms with Crippen molar-refractivity contribution in [3.05, 3.63) is 93.0 Å². The maximum absolute atomic E-state index is 14.4. The maximum Gasteiger partial charge on any atom is 0.267 e. The molecule has 0 bridgehead atoms. The first-order valence-electron chi connectivity index (χ1n) is 11.2. The SMILES string of the molecule is C=C/C=C(F)\C=C(/C)n1c(C2CCCN2c2ncnc3nc[nH]c(=O)c23)nc2cccc(Cl)c2c1=O. The van der Waals surface area contributed by atoms with E-state index in [9.17, 15) is 14.0 Å². The highest BCUT2D eigenvalue weighted by Crippen LogP contribution is 2.37. The molecule has 0 amide bonds. The summed E-state index contributed by atoms with van der Waals surface area (Å²) in [6, 6.07) is 4.61. The Kier molecular flexibility index (Phi) is 6.19. The Labute approximate surface area is 209 Å². The molecule has 0 saturated carbocycles. The molecule has 0 aliphatic carbocycles. The van der Waals surface area contributed by atoms with Crippen LogP contribution in [0.25, 0.3) is 27.6 Å². The summed E-state index contributed by atoms with van der Waals surface area (Å²) in [6.07, 6.45) is 7.78. The zero-order valence-corrected chi connectivity index (χ0v) is 20.0. The average Bonchev–Trinajstić information content (AvgIpc) is 3.33. The van der Waals surface area contributed by atoms with Crippen LogP contribution < -0.4 is 16.0 Å². The van der Waals surface area contributed by atoms with Crippen LogP contribution in [0, 0.1) is 0 Å². The molecule has 11 heteroatoms. The van der Waals surface area contributed by atoms with E-state index in [1.165, 1.54) is 35.4 Å². The van der Waals surface area contributed by atoms with E-state index in [0.717, 1.165) is 6.42 Å². The molecular weight excluding hydrogens is 485 g/mol. The summed E-state index contributed by atoms with van der Waals surface area (Å²) in [5, 5.41) is 0.737. The summed E-state index contributed by atoms with van der Waals surface area (Å²) >= 11 is 6.37. The highest BCUT2D eigenvalue weighted by atomic mass is 35.5. The Hall–Kier alpha value is -4.18. The van der Waals surface area contributed by atoms with Gasteiger partial charge >= 0.3 is 0 Å². The normalized spacial score (nSPS) is 16.8. The molecule has 4 aromatic rings. The molecule has 4 heterocycles. The highest BCUT2D eigenvalue weighted by molar-refractivity contribution is 6.35. The molecule has 1 N–H and O–H groups in total. The van der Waals surface area contributed by atoms with E-state index in [1.807, 2.05) is 4.90 Å². The summed E-state index contributed by atoms with van der Waals surface area (Å²) in [7, 11) is 0. The van der Waals surface area contributed by atoms with E-state index in [2.05, 4.69) is 26.5 Å². The summed E-state index contributed by atoms with van der Waals surface area (Å²) in [5.74, 6) is 0.213. The molecule has 5 rings (SSSR count). The summed E-state index contributed by atoms with van der Waals surface area (Å²) in [6.45, 7) is 5.69. The molecule has 0 radical (unpaired) electrons. The number of hydrogen-bond donors (Lipinski definition) is 1. The van der Waals surface area contributed by atoms with Gasteiger partial charge in [-0.05, 0) is 44.1 Å². The van der Waals surface area contributed by atoms with Gasteiger partial charge in [0.05, 0.1) is 28.3 Å². The van der Waals surface area contributed by atoms with Gasteiger partial charge in [0.2, 0.25) is 0 Å². The zero-order valence-electron chi connectivity index (χ0n) is 19.3. The standard InChI is InChI=1S/C25H21ClFN7O2/c1-3-6-15(27)11-14(2)34-22(32-17-8-4-7-16(26)19(17)25(34)36)18-9-5-10-33(18)23-20-21(28-12-30-23)29-13-31-24(20)35/h3-4,6-8,11-13,18H,1,5,9-10H2,2H3,(H,28,29,30,31,35)/b14-11+,15-6+. The minimum Gasteiger partial charge on any atom is -0.346 e. The van der Waals surface area contributed by atoms with Crippen molar-refractivity contribution in [1.82, 2.24) is 29.5 Å². The molecule has 182 valence electrons. The number of nitrogens with zero attached hydrogens (tertiary/aromatic N) is 6. The minimum atomic E-state index is -0.567. The molecule has 1 unspecified atom stereocenters. The summed E-state index contributed by atoms with van der Waals surface area (Å²) < 4.78 is 15.8. The number of allylic oxidation sites excluding steroid dienone is 5. The average molecular weight is 506 g/mol. The quantitative estimate of drug-likeness (QED) is 0.402. The predicted octanol–water partition coefficient (Wildman–Crippen LogP) is 4.32. The van der Waals surface area contributed by atoms with Crippen molar-refractivity contribution in [1.29, 1.82) is 0 Å². The van der Waals surface area contributed by atoms with Crippen LogP contribution in [-0.4, -0.2) is 36.0 Å². The fourth-order valence-corrected chi connectivity index (χ4v) is 4.85. The first-order valence-corrected chi connectivity index (χ1v) is 11.6. The largest absolute Gasteiger partial charge is 0.346 e. The van der Waals surface area contributed by atoms with Gasteiger partial charge in [-0.25, -0.2) is 24.3 Å². The lowest BCUT2D eigenvalue weighted by molar-refractivity contribution is 0.634. The van der Waals surface area contributed by atoms with Gasteiger partial charge in [-0.1, -0.05) is 30.3 Å². The number of benzene rings is 1. The fourth-order valence-electron chi connectivity index (χ4n) is 4.60. The number of halogens is 2. The van der Waals surface area contributed by atoms with Crippen LogP contribution in [-0.2, 0) is 0 Å². The molecule has 1 aliphatic heterocycles. The van der Waals surface area contributed by atoms with Crippen molar-refractivity contribution in [2.75, 3.05) is 11.4 Å². The van der Waals surface area contributed by atoms with Gasteiger partial charge in [-0.3, -0.25) is 14.2 Å². The number of aromatic amines is 1. The number of hydrogen-bond acceptors (Lipinski definition) is 7. The Morgan fingerprint density at radius 1 is 1.25 bits per heavy atom. The van der Waals surface area contributed by atoms with Crippen molar-refractivity contribution >= 4 is 45.1 Å². The number of aromatic nitrogens is 6. The molecular formula is C25H21ClFN7O2. The van der Waals surface area contributed by atoms with Gasteiger partial charge in [0.25, 0.3) is 11.1 Å². The van der Waals surface area contributed by atoms with E-state index < -0.39 is 17.4 Å². The number of H-pyrrole nitrogens is 1. The number of anilines is 1. The van der Waals surface area contributed by atoms with Crippen molar-refractivity contribution in [3.63, 3.8) is 0 Å². The second kappa shape index (κ2) is 9.46. The third-order valence-corrected chi connectivity index (χ3v) is 6.40. The van der Waals surface area contributed by atoms with Gasteiger partial charge < -0.3 is 9.88 Å². The van der Waals surface area contributed by atoms with Gasteiger partial charge in [0, 0.05) is 12.2 Å². The summed E-state index contributed by atoms with van der Waals surface area (Å²) in [5.41, 5.74) is 0.216. The molecule has 1 aliphatic rings. The molecule has 0 spiro atoms. The molecule has 1 atom stereocenters. The monoisotopic (exact) mass is 505 g/mol. The lowest BCUT2D eigenvalue weighted by atomic mass is 10.1. The van der Waals surface area contributed by atoms with Crippen LogP contribution in [0.2, 0.25) is 5.02 Å². The van der Waals surface area contributed by atoms with Crippen molar-refractivity contribution < 1.29 is 4.39 Å². The van der Waals surface area contributed by atoms with Crippen LogP contribution in [0.4, 0.5) is 10.2 Å². The Bertz CT molecular complexity index is 1690. The smallest absolute Gasteiger partial charge is 0.267 e. The van der Waals surface area contributed by atoms with Crippen LogP contribution >= 0.6 is 11.6 Å². The molecule has 1 aromatic carbocycles. The second-order valence-electron chi connectivity index (χ2n) is 8.30. The van der Waals surface area contributed by atoms with Gasteiger partial charge in [0.15, 0.2) is 5.65 Å². The highest BCUT2D eigenvalue weighted by Gasteiger charge is 2.33.